The molecule has 4 aromatic rings. The fourth-order valence-electron chi connectivity index (χ4n) is 7.31. The molecular weight excluding hydrogens is 797 g/mol. The third-order valence-electron chi connectivity index (χ3n) is 10.1. The summed E-state index contributed by atoms with van der Waals surface area (Å²) < 4.78 is 12.3. The Balaban J connectivity index is 1.22. The smallest absolute Gasteiger partial charge is 0.337 e. The van der Waals surface area contributed by atoms with Gasteiger partial charge in [-0.15, -0.1) is 0 Å². The van der Waals surface area contributed by atoms with Gasteiger partial charge in [-0.3, -0.25) is 14.6 Å². The van der Waals surface area contributed by atoms with E-state index >= 15 is 0 Å². The highest BCUT2D eigenvalue weighted by molar-refractivity contribution is 6.41. The SMILES string of the molecule is CN=c1ccc2c(-c3c(Cl)c(C(=O)NCc4ccc(-c5c6ccc(=O)cc-6oc6cc(O)ccc56)c(C(=O)O)c4)cc(Cl)c3C(=O)O)c3ccc(N(C)C)cc3oc-2c1. The van der Waals surface area contributed by atoms with Crippen molar-refractivity contribution >= 4 is 68.7 Å². The molecule has 0 aromatic heterocycles. The van der Waals surface area contributed by atoms with Crippen LogP contribution in [0.2, 0.25) is 10.0 Å². The maximum atomic E-state index is 14.0. The molecule has 0 bridgehead atoms. The number of anilines is 1. The molecule has 0 unspecified atom stereocenters. The zero-order valence-corrected chi connectivity index (χ0v) is 32.9. The van der Waals surface area contributed by atoms with Crippen LogP contribution < -0.4 is 21.0 Å². The Kier molecular flexibility index (Phi) is 9.83. The number of aromatic hydroxyl groups is 1. The van der Waals surface area contributed by atoms with Gasteiger partial charge in [0, 0.05) is 96.2 Å². The van der Waals surface area contributed by atoms with Crippen LogP contribution in [-0.2, 0) is 6.54 Å². The van der Waals surface area contributed by atoms with E-state index in [9.17, 15) is 34.5 Å². The molecule has 4 N–H and O–H groups in total. The first-order chi connectivity index (χ1) is 28.2. The Labute approximate surface area is 344 Å². The molecule has 4 aromatic carbocycles. The molecule has 0 radical (unpaired) electrons. The normalized spacial score (nSPS) is 11.8. The first-order valence-electron chi connectivity index (χ1n) is 17.9. The number of phenolic OH excluding ortho intramolecular Hbond substituents is 1. The Hall–Kier alpha value is -7.15. The van der Waals surface area contributed by atoms with Crippen molar-refractivity contribution in [2.45, 2.75) is 6.54 Å². The van der Waals surface area contributed by atoms with Crippen LogP contribution in [0, 0.1) is 0 Å². The average Bonchev–Trinajstić information content (AvgIpc) is 3.20. The maximum absolute atomic E-state index is 14.0. The van der Waals surface area contributed by atoms with Crippen molar-refractivity contribution in [1.82, 2.24) is 5.32 Å². The average molecular weight is 829 g/mol. The van der Waals surface area contributed by atoms with Crippen LogP contribution >= 0.6 is 23.2 Å². The third-order valence-corrected chi connectivity index (χ3v) is 10.8. The molecule has 4 aliphatic rings. The van der Waals surface area contributed by atoms with E-state index in [0.29, 0.717) is 60.9 Å². The van der Waals surface area contributed by atoms with Crippen molar-refractivity contribution < 1.29 is 38.5 Å². The third kappa shape index (κ3) is 6.88. The van der Waals surface area contributed by atoms with E-state index in [4.69, 9.17) is 32.0 Å². The number of carbonyl (C=O) groups is 3. The number of hydrogen-bond donors (Lipinski definition) is 4. The molecule has 0 fully saturated rings. The fourth-order valence-corrected chi connectivity index (χ4v) is 7.93. The molecule has 12 nitrogen and oxygen atoms in total. The van der Waals surface area contributed by atoms with Gasteiger partial charge in [0.15, 0.2) is 5.43 Å². The summed E-state index contributed by atoms with van der Waals surface area (Å²) in [5, 5.41) is 35.1. The van der Waals surface area contributed by atoms with Crippen molar-refractivity contribution in [3.05, 3.63) is 145 Å². The minimum absolute atomic E-state index is 0.00499. The summed E-state index contributed by atoms with van der Waals surface area (Å²) in [6, 6.07) is 25.1. The van der Waals surface area contributed by atoms with Crippen LogP contribution in [0.3, 0.4) is 0 Å². The van der Waals surface area contributed by atoms with Crippen LogP contribution in [0.15, 0.2) is 116 Å². The van der Waals surface area contributed by atoms with Crippen molar-refractivity contribution in [1.29, 1.82) is 0 Å². The standard InChI is InChI=1S/C45H31Cl2N3O9/c1-48-22-5-10-29-34(15-22)58-35-16-23(50(2)3)6-11-30(35)39(29)41-40(45(56)57)33(46)19-32(42(41)47)43(53)49-20-21-4-9-26(31(14-21)44(54)55)38-27-12-7-24(51)17-36(27)59-37-18-25(52)8-13-28(37)38/h4-19,51H,20H2,1-3H3,(H,49,53)(H,54,55)(H,56,57). The van der Waals surface area contributed by atoms with Gasteiger partial charge in [0.25, 0.3) is 5.91 Å². The second-order valence-electron chi connectivity index (χ2n) is 13.9. The summed E-state index contributed by atoms with van der Waals surface area (Å²) in [7, 11) is 5.38. The lowest BCUT2D eigenvalue weighted by Gasteiger charge is -2.21. The van der Waals surface area contributed by atoms with Crippen LogP contribution in [0.25, 0.3) is 66.8 Å². The monoisotopic (exact) mass is 827 g/mol. The fraction of sp³-hybridized carbons (Fsp3) is 0.0889. The molecule has 14 heteroatoms. The number of phenols is 1. The minimum Gasteiger partial charge on any atom is -0.508 e. The number of carbonyl (C=O) groups excluding carboxylic acids is 1. The van der Waals surface area contributed by atoms with Gasteiger partial charge in [0.2, 0.25) is 0 Å². The Morgan fingerprint density at radius 1 is 0.712 bits per heavy atom. The van der Waals surface area contributed by atoms with E-state index in [2.05, 4.69) is 10.3 Å². The van der Waals surface area contributed by atoms with Crippen molar-refractivity contribution in [2.24, 2.45) is 4.99 Å². The van der Waals surface area contributed by atoms with E-state index in [1.54, 1.807) is 55.6 Å². The quantitative estimate of drug-likeness (QED) is 0.108. The van der Waals surface area contributed by atoms with E-state index in [1.165, 1.54) is 36.4 Å². The number of fused-ring (bicyclic) bond motifs is 4. The minimum atomic E-state index is -1.37. The summed E-state index contributed by atoms with van der Waals surface area (Å²) in [5.74, 6) is -2.83. The van der Waals surface area contributed by atoms with Crippen molar-refractivity contribution in [3.8, 4) is 50.7 Å². The Bertz CT molecular complexity index is 3150. The topological polar surface area (TPSA) is 183 Å². The van der Waals surface area contributed by atoms with Gasteiger partial charge in [-0.25, -0.2) is 9.59 Å². The molecule has 8 rings (SSSR count). The lowest BCUT2D eigenvalue weighted by molar-refractivity contribution is 0.0687. The van der Waals surface area contributed by atoms with Gasteiger partial charge >= 0.3 is 11.9 Å². The van der Waals surface area contributed by atoms with Crippen LogP contribution in [-0.4, -0.2) is 54.3 Å². The summed E-state index contributed by atoms with van der Waals surface area (Å²) in [4.78, 5) is 58.1. The summed E-state index contributed by atoms with van der Waals surface area (Å²) in [6.45, 7) is -0.158. The summed E-state index contributed by atoms with van der Waals surface area (Å²) in [5.41, 5.74) is 3.15. The number of halogens is 2. The molecule has 0 saturated heterocycles. The molecule has 0 spiro atoms. The second-order valence-corrected chi connectivity index (χ2v) is 14.7. The molecular formula is C45H31Cl2N3O9. The molecule has 2 aliphatic heterocycles. The summed E-state index contributed by atoms with van der Waals surface area (Å²) >= 11 is 13.8. The number of benzene rings is 6. The van der Waals surface area contributed by atoms with Crippen LogP contribution in [0.1, 0.15) is 36.6 Å². The number of carboxylic acid groups (broad SMARTS) is 2. The number of aromatic carboxylic acids is 2. The predicted octanol–water partition coefficient (Wildman–Crippen LogP) is 9.02. The van der Waals surface area contributed by atoms with E-state index in [-0.39, 0.29) is 61.4 Å². The molecule has 59 heavy (non-hydrogen) atoms. The van der Waals surface area contributed by atoms with Crippen LogP contribution in [0.5, 0.6) is 5.75 Å². The Morgan fingerprint density at radius 2 is 1.37 bits per heavy atom. The zero-order chi connectivity index (χ0) is 41.9. The zero-order valence-electron chi connectivity index (χ0n) is 31.4. The van der Waals surface area contributed by atoms with Gasteiger partial charge < -0.3 is 34.4 Å². The van der Waals surface area contributed by atoms with E-state index in [0.717, 1.165) is 5.69 Å². The highest BCUT2D eigenvalue weighted by Gasteiger charge is 2.30. The van der Waals surface area contributed by atoms with Crippen molar-refractivity contribution in [3.63, 3.8) is 0 Å². The highest BCUT2D eigenvalue weighted by Crippen LogP contribution is 2.47. The molecule has 294 valence electrons. The van der Waals surface area contributed by atoms with Gasteiger partial charge in [0.05, 0.1) is 32.1 Å². The van der Waals surface area contributed by atoms with E-state index < -0.39 is 17.8 Å². The first-order valence-corrected chi connectivity index (χ1v) is 18.7. The lowest BCUT2D eigenvalue weighted by atomic mass is 9.89. The van der Waals surface area contributed by atoms with Gasteiger partial charge in [-0.2, -0.15) is 0 Å². The molecule has 2 aliphatic carbocycles. The number of rotatable bonds is 8. The van der Waals surface area contributed by atoms with Crippen molar-refractivity contribution in [2.75, 3.05) is 26.0 Å². The Morgan fingerprint density at radius 3 is 2.08 bits per heavy atom. The lowest BCUT2D eigenvalue weighted by Crippen LogP contribution is -2.24. The molecule has 0 saturated carbocycles. The van der Waals surface area contributed by atoms with Gasteiger partial charge in [-0.05, 0) is 71.8 Å². The van der Waals surface area contributed by atoms with Crippen LogP contribution in [0.4, 0.5) is 5.69 Å². The maximum Gasteiger partial charge on any atom is 0.337 e. The van der Waals surface area contributed by atoms with Gasteiger partial charge in [0.1, 0.15) is 28.4 Å². The molecule has 1 amide bonds. The first kappa shape index (κ1) is 38.7. The molecule has 2 heterocycles. The highest BCUT2D eigenvalue weighted by atomic mass is 35.5. The number of amides is 1. The number of nitrogens with zero attached hydrogens (tertiary/aromatic N) is 2. The number of nitrogens with one attached hydrogen (secondary N) is 1. The number of hydrogen-bond acceptors (Lipinski definition) is 9. The van der Waals surface area contributed by atoms with Gasteiger partial charge in [-0.1, -0.05) is 35.3 Å². The predicted molar refractivity (Wildman–Crippen MR) is 225 cm³/mol. The molecule has 0 atom stereocenters. The largest absolute Gasteiger partial charge is 0.508 e. The number of carboxylic acids is 2. The second kappa shape index (κ2) is 15.0. The van der Waals surface area contributed by atoms with E-state index in [1.807, 2.05) is 31.1 Å². The summed E-state index contributed by atoms with van der Waals surface area (Å²) in [6.07, 6.45) is 0.